The molecular formula is C27H21Cl2N3O5. The topological polar surface area (TPSA) is 105 Å². The average molecular weight is 538 g/mol. The maximum Gasteiger partial charge on any atom is 0.335 e. The third kappa shape index (κ3) is 5.82. The molecule has 1 aliphatic rings. The molecule has 1 aliphatic heterocycles. The van der Waals surface area contributed by atoms with Gasteiger partial charge in [0, 0.05) is 5.69 Å². The van der Waals surface area contributed by atoms with Gasteiger partial charge in [0.25, 0.3) is 17.7 Å². The predicted octanol–water partition coefficient (Wildman–Crippen LogP) is 5.29. The summed E-state index contributed by atoms with van der Waals surface area (Å²) in [5.74, 6) is -1.98. The van der Waals surface area contributed by atoms with Crippen molar-refractivity contribution in [3.05, 3.63) is 93.0 Å². The van der Waals surface area contributed by atoms with Gasteiger partial charge in [-0.05, 0) is 61.4 Å². The number of halogens is 2. The number of benzene rings is 3. The van der Waals surface area contributed by atoms with Crippen LogP contribution < -0.4 is 20.3 Å². The Bertz CT molecular complexity index is 1430. The fourth-order valence-electron chi connectivity index (χ4n) is 3.71. The highest BCUT2D eigenvalue weighted by Gasteiger charge is 2.36. The van der Waals surface area contributed by atoms with Crippen molar-refractivity contribution in [3.8, 4) is 5.75 Å². The summed E-state index contributed by atoms with van der Waals surface area (Å²) in [5, 5.41) is 5.06. The quantitative estimate of drug-likeness (QED) is 0.328. The smallest absolute Gasteiger partial charge is 0.335 e. The van der Waals surface area contributed by atoms with E-state index in [0.717, 1.165) is 16.0 Å². The molecule has 1 fully saturated rings. The first-order valence-electron chi connectivity index (χ1n) is 11.1. The Balaban J connectivity index is 1.51. The molecule has 0 spiro atoms. The average Bonchev–Trinajstić information content (AvgIpc) is 2.83. The number of nitrogens with one attached hydrogen (secondary N) is 2. The van der Waals surface area contributed by atoms with E-state index in [2.05, 4.69) is 10.6 Å². The Morgan fingerprint density at radius 3 is 2.32 bits per heavy atom. The van der Waals surface area contributed by atoms with Crippen LogP contribution in [0, 0.1) is 13.8 Å². The molecule has 37 heavy (non-hydrogen) atoms. The molecule has 5 amide bonds. The minimum Gasteiger partial charge on any atom is -0.481 e. The number of amides is 5. The number of barbiturate groups is 1. The lowest BCUT2D eigenvalue weighted by atomic mass is 10.1. The van der Waals surface area contributed by atoms with Crippen molar-refractivity contribution in [2.75, 3.05) is 16.8 Å². The highest BCUT2D eigenvalue weighted by molar-refractivity contribution is 6.40. The van der Waals surface area contributed by atoms with Crippen molar-refractivity contribution in [1.29, 1.82) is 0 Å². The van der Waals surface area contributed by atoms with E-state index in [1.165, 1.54) is 18.2 Å². The number of carbonyl (C=O) groups is 4. The van der Waals surface area contributed by atoms with E-state index in [-0.39, 0.29) is 28.0 Å². The lowest BCUT2D eigenvalue weighted by Crippen LogP contribution is -2.54. The molecule has 1 saturated heterocycles. The van der Waals surface area contributed by atoms with Crippen LogP contribution in [0.15, 0.2) is 66.2 Å². The largest absolute Gasteiger partial charge is 0.481 e. The number of anilines is 2. The zero-order chi connectivity index (χ0) is 26.7. The second-order valence-corrected chi connectivity index (χ2v) is 9.08. The predicted molar refractivity (Wildman–Crippen MR) is 142 cm³/mol. The number of hydrogen-bond acceptors (Lipinski definition) is 5. The molecule has 2 N–H and O–H groups in total. The zero-order valence-corrected chi connectivity index (χ0v) is 21.3. The number of carbonyl (C=O) groups excluding carboxylic acids is 4. The van der Waals surface area contributed by atoms with Crippen molar-refractivity contribution in [2.24, 2.45) is 0 Å². The summed E-state index contributed by atoms with van der Waals surface area (Å²) in [6.45, 7) is 3.50. The van der Waals surface area contributed by atoms with Crippen LogP contribution in [-0.2, 0) is 14.4 Å². The van der Waals surface area contributed by atoms with E-state index in [1.807, 2.05) is 26.0 Å². The van der Waals surface area contributed by atoms with Gasteiger partial charge in [-0.2, -0.15) is 0 Å². The highest BCUT2D eigenvalue weighted by atomic mass is 35.5. The summed E-state index contributed by atoms with van der Waals surface area (Å²) in [4.78, 5) is 51.0. The number of ether oxygens (including phenoxy) is 1. The van der Waals surface area contributed by atoms with Crippen molar-refractivity contribution >= 4 is 64.4 Å². The molecule has 0 aliphatic carbocycles. The number of hydrogen-bond donors (Lipinski definition) is 2. The molecule has 0 saturated carbocycles. The second-order valence-electron chi connectivity index (χ2n) is 8.26. The van der Waals surface area contributed by atoms with Gasteiger partial charge in [0.05, 0.1) is 15.7 Å². The number of aryl methyl sites for hydroxylation is 2. The maximum atomic E-state index is 13.0. The van der Waals surface area contributed by atoms with Gasteiger partial charge in [-0.1, -0.05) is 59.1 Å². The van der Waals surface area contributed by atoms with Crippen molar-refractivity contribution in [2.45, 2.75) is 13.8 Å². The summed E-state index contributed by atoms with van der Waals surface area (Å²) in [7, 11) is 0. The summed E-state index contributed by atoms with van der Waals surface area (Å²) in [6, 6.07) is 15.9. The Labute approximate surface area is 222 Å². The van der Waals surface area contributed by atoms with Crippen LogP contribution in [0.25, 0.3) is 6.08 Å². The minimum absolute atomic E-state index is 0.0679. The van der Waals surface area contributed by atoms with Crippen molar-refractivity contribution in [3.63, 3.8) is 0 Å². The highest BCUT2D eigenvalue weighted by Crippen LogP contribution is 2.35. The number of rotatable bonds is 6. The van der Waals surface area contributed by atoms with Crippen LogP contribution in [0.3, 0.4) is 0 Å². The third-order valence-corrected chi connectivity index (χ3v) is 6.01. The van der Waals surface area contributed by atoms with Gasteiger partial charge in [0.1, 0.15) is 5.57 Å². The van der Waals surface area contributed by atoms with Crippen molar-refractivity contribution in [1.82, 2.24) is 5.32 Å². The molecule has 3 aromatic carbocycles. The monoisotopic (exact) mass is 537 g/mol. The summed E-state index contributed by atoms with van der Waals surface area (Å²) < 4.78 is 5.55. The standard InChI is InChI=1S/C27H21Cl2N3O5/c1-15-8-9-22(16(2)10-15)30-23(33)14-37-24-20(28)12-17(13-21(24)29)11-19-25(34)31-27(36)32(26(19)35)18-6-4-3-5-7-18/h3-13H,14H2,1-2H3,(H,30,33)(H,31,34,36)/b19-11-. The van der Waals surface area contributed by atoms with Gasteiger partial charge in [0.15, 0.2) is 12.4 Å². The number of imide groups is 2. The SMILES string of the molecule is Cc1ccc(NC(=O)COc2c(Cl)cc(/C=C3/C(=O)NC(=O)N(c4ccccc4)C3=O)cc2Cl)c(C)c1. The first-order chi connectivity index (χ1) is 17.6. The molecule has 4 rings (SSSR count). The van der Waals surface area contributed by atoms with Gasteiger partial charge in [-0.25, -0.2) is 9.69 Å². The number of para-hydroxylation sites is 1. The van der Waals surface area contributed by atoms with Gasteiger partial charge >= 0.3 is 6.03 Å². The second kappa shape index (κ2) is 10.9. The normalized spacial score (nSPS) is 14.5. The Hall–Kier alpha value is -4.14. The van der Waals surface area contributed by atoms with Gasteiger partial charge in [-0.3, -0.25) is 19.7 Å². The van der Waals surface area contributed by atoms with Crippen LogP contribution in [0.1, 0.15) is 16.7 Å². The Morgan fingerprint density at radius 1 is 1.00 bits per heavy atom. The molecular weight excluding hydrogens is 517 g/mol. The van der Waals surface area contributed by atoms with Crippen LogP contribution >= 0.6 is 23.2 Å². The van der Waals surface area contributed by atoms with Crippen LogP contribution in [0.5, 0.6) is 5.75 Å². The molecule has 0 unspecified atom stereocenters. The minimum atomic E-state index is -0.850. The molecule has 10 heteroatoms. The van der Waals surface area contributed by atoms with E-state index in [0.29, 0.717) is 16.9 Å². The van der Waals surface area contributed by atoms with E-state index in [9.17, 15) is 19.2 Å². The Morgan fingerprint density at radius 2 is 1.68 bits per heavy atom. The van der Waals surface area contributed by atoms with Gasteiger partial charge in [0.2, 0.25) is 0 Å². The van der Waals surface area contributed by atoms with Gasteiger partial charge in [-0.15, -0.1) is 0 Å². The first-order valence-corrected chi connectivity index (χ1v) is 11.8. The molecule has 1 heterocycles. The molecule has 0 radical (unpaired) electrons. The van der Waals surface area contributed by atoms with Crippen LogP contribution in [0.4, 0.5) is 16.2 Å². The van der Waals surface area contributed by atoms with Crippen LogP contribution in [-0.4, -0.2) is 30.4 Å². The van der Waals surface area contributed by atoms with Crippen LogP contribution in [0.2, 0.25) is 10.0 Å². The van der Waals surface area contributed by atoms with Crippen molar-refractivity contribution < 1.29 is 23.9 Å². The van der Waals surface area contributed by atoms with E-state index in [1.54, 1.807) is 36.4 Å². The summed E-state index contributed by atoms with van der Waals surface area (Å²) in [5.41, 5.74) is 3.00. The maximum absolute atomic E-state index is 13.0. The molecule has 188 valence electrons. The fraction of sp³-hybridized carbons (Fsp3) is 0.111. The molecule has 0 bridgehead atoms. The lowest BCUT2D eigenvalue weighted by Gasteiger charge is -2.26. The number of nitrogens with zero attached hydrogens (tertiary/aromatic N) is 1. The van der Waals surface area contributed by atoms with E-state index in [4.69, 9.17) is 27.9 Å². The summed E-state index contributed by atoms with van der Waals surface area (Å²) >= 11 is 12.7. The summed E-state index contributed by atoms with van der Waals surface area (Å²) in [6.07, 6.45) is 1.27. The molecule has 0 atom stereocenters. The van der Waals surface area contributed by atoms with E-state index < -0.39 is 23.8 Å². The third-order valence-electron chi connectivity index (χ3n) is 5.45. The number of urea groups is 1. The molecule has 0 aromatic heterocycles. The fourth-order valence-corrected chi connectivity index (χ4v) is 4.33. The Kier molecular flexibility index (Phi) is 7.61. The lowest BCUT2D eigenvalue weighted by molar-refractivity contribution is -0.122. The van der Waals surface area contributed by atoms with Gasteiger partial charge < -0.3 is 10.1 Å². The molecule has 3 aromatic rings. The van der Waals surface area contributed by atoms with E-state index >= 15 is 0 Å². The first kappa shape index (κ1) is 25.9. The zero-order valence-electron chi connectivity index (χ0n) is 19.8. The molecule has 8 nitrogen and oxygen atoms in total.